The summed E-state index contributed by atoms with van der Waals surface area (Å²) >= 11 is 0. The molecule has 2 N–H and O–H groups in total. The number of hydrogen-bond donors (Lipinski definition) is 2. The highest BCUT2D eigenvalue weighted by molar-refractivity contribution is 5.21. The minimum Gasteiger partial charge on any atom is -0.306 e. The molecule has 0 bridgehead atoms. The maximum atomic E-state index is 13.0. The van der Waals surface area contributed by atoms with E-state index in [9.17, 15) is 8.78 Å². The van der Waals surface area contributed by atoms with Gasteiger partial charge in [-0.3, -0.25) is 5.10 Å². The zero-order valence-electron chi connectivity index (χ0n) is 9.37. The Hall–Kier alpha value is -1.75. The zero-order valence-corrected chi connectivity index (χ0v) is 9.37. The van der Waals surface area contributed by atoms with Gasteiger partial charge in [0.1, 0.15) is 0 Å². The summed E-state index contributed by atoms with van der Waals surface area (Å²) in [6, 6.07) is 3.87. The molecular weight excluding hydrogens is 224 g/mol. The van der Waals surface area contributed by atoms with Crippen LogP contribution in [0.1, 0.15) is 24.1 Å². The van der Waals surface area contributed by atoms with Crippen molar-refractivity contribution in [3.05, 3.63) is 53.4 Å². The Kier molecular flexibility index (Phi) is 3.49. The molecule has 5 heteroatoms. The minimum absolute atomic E-state index is 0.0556. The van der Waals surface area contributed by atoms with Crippen molar-refractivity contribution in [2.45, 2.75) is 19.5 Å². The third kappa shape index (κ3) is 2.88. The van der Waals surface area contributed by atoms with E-state index in [1.807, 2.05) is 6.92 Å². The van der Waals surface area contributed by atoms with Gasteiger partial charge in [0.2, 0.25) is 0 Å². The van der Waals surface area contributed by atoms with Crippen LogP contribution in [0.5, 0.6) is 0 Å². The van der Waals surface area contributed by atoms with Crippen LogP contribution in [0.15, 0.2) is 30.6 Å². The first-order valence-electron chi connectivity index (χ1n) is 5.33. The molecule has 0 aliphatic carbocycles. The summed E-state index contributed by atoms with van der Waals surface area (Å²) in [5.41, 5.74) is 1.73. The van der Waals surface area contributed by atoms with E-state index >= 15 is 0 Å². The fourth-order valence-corrected chi connectivity index (χ4v) is 1.54. The van der Waals surface area contributed by atoms with Gasteiger partial charge in [-0.15, -0.1) is 0 Å². The van der Waals surface area contributed by atoms with Crippen molar-refractivity contribution >= 4 is 0 Å². The van der Waals surface area contributed by atoms with Gasteiger partial charge < -0.3 is 5.32 Å². The first kappa shape index (κ1) is 11.7. The molecule has 0 fully saturated rings. The molecule has 0 spiro atoms. The van der Waals surface area contributed by atoms with Crippen molar-refractivity contribution < 1.29 is 8.78 Å². The van der Waals surface area contributed by atoms with Crippen LogP contribution in [-0.2, 0) is 6.54 Å². The van der Waals surface area contributed by atoms with Crippen LogP contribution in [0, 0.1) is 11.6 Å². The SMILES string of the molecule is CC(NCc1cn[nH]c1)c1ccc(F)c(F)c1. The monoisotopic (exact) mass is 237 g/mol. The lowest BCUT2D eigenvalue weighted by Gasteiger charge is -2.13. The van der Waals surface area contributed by atoms with E-state index < -0.39 is 11.6 Å². The van der Waals surface area contributed by atoms with E-state index in [1.54, 1.807) is 18.5 Å². The summed E-state index contributed by atoms with van der Waals surface area (Å²) in [6.45, 7) is 2.52. The van der Waals surface area contributed by atoms with Gasteiger partial charge in [0, 0.05) is 24.3 Å². The second kappa shape index (κ2) is 5.05. The van der Waals surface area contributed by atoms with E-state index in [0.717, 1.165) is 11.6 Å². The predicted octanol–water partition coefficient (Wildman–Crippen LogP) is 2.54. The molecule has 1 unspecified atom stereocenters. The lowest BCUT2D eigenvalue weighted by molar-refractivity contribution is 0.500. The van der Waals surface area contributed by atoms with E-state index in [2.05, 4.69) is 15.5 Å². The van der Waals surface area contributed by atoms with Gasteiger partial charge in [-0.2, -0.15) is 5.10 Å². The normalized spacial score (nSPS) is 12.6. The third-order valence-corrected chi connectivity index (χ3v) is 2.61. The molecule has 3 nitrogen and oxygen atoms in total. The molecule has 0 saturated heterocycles. The van der Waals surface area contributed by atoms with E-state index in [-0.39, 0.29) is 6.04 Å². The molecule has 0 radical (unpaired) electrons. The lowest BCUT2D eigenvalue weighted by atomic mass is 10.1. The summed E-state index contributed by atoms with van der Waals surface area (Å²) in [4.78, 5) is 0. The van der Waals surface area contributed by atoms with Crippen LogP contribution >= 0.6 is 0 Å². The molecule has 90 valence electrons. The van der Waals surface area contributed by atoms with Gasteiger partial charge in [-0.05, 0) is 24.6 Å². The van der Waals surface area contributed by atoms with Crippen LogP contribution in [-0.4, -0.2) is 10.2 Å². The van der Waals surface area contributed by atoms with Crippen LogP contribution in [0.2, 0.25) is 0 Å². The maximum Gasteiger partial charge on any atom is 0.159 e. The molecule has 2 aromatic rings. The quantitative estimate of drug-likeness (QED) is 0.857. The van der Waals surface area contributed by atoms with Gasteiger partial charge in [-0.25, -0.2) is 8.78 Å². The number of nitrogens with zero attached hydrogens (tertiary/aromatic N) is 1. The van der Waals surface area contributed by atoms with E-state index in [1.165, 1.54) is 6.07 Å². The second-order valence-electron chi connectivity index (χ2n) is 3.88. The van der Waals surface area contributed by atoms with Crippen molar-refractivity contribution in [3.8, 4) is 0 Å². The second-order valence-corrected chi connectivity index (χ2v) is 3.88. The van der Waals surface area contributed by atoms with Crippen LogP contribution in [0.4, 0.5) is 8.78 Å². The Morgan fingerprint density at radius 3 is 2.82 bits per heavy atom. The third-order valence-electron chi connectivity index (χ3n) is 2.61. The fraction of sp³-hybridized carbons (Fsp3) is 0.250. The number of aromatic nitrogens is 2. The van der Waals surface area contributed by atoms with Gasteiger partial charge in [0.05, 0.1) is 6.20 Å². The standard InChI is InChI=1S/C12H13F2N3/c1-8(15-5-9-6-16-17-7-9)10-2-3-11(13)12(14)4-10/h2-4,6-8,15H,5H2,1H3,(H,16,17). The Morgan fingerprint density at radius 1 is 1.35 bits per heavy atom. The Balaban J connectivity index is 1.99. The predicted molar refractivity (Wildman–Crippen MR) is 60.2 cm³/mol. The Labute approximate surface area is 97.9 Å². The topological polar surface area (TPSA) is 40.7 Å². The van der Waals surface area contributed by atoms with Gasteiger partial charge in [0.25, 0.3) is 0 Å². The summed E-state index contributed by atoms with van der Waals surface area (Å²) in [7, 11) is 0. The Bertz CT molecular complexity index is 483. The van der Waals surface area contributed by atoms with Gasteiger partial charge >= 0.3 is 0 Å². The number of rotatable bonds is 4. The summed E-state index contributed by atoms with van der Waals surface area (Å²) in [5, 5.41) is 9.73. The van der Waals surface area contributed by atoms with Crippen molar-refractivity contribution in [3.63, 3.8) is 0 Å². The highest BCUT2D eigenvalue weighted by atomic mass is 19.2. The molecule has 1 aromatic heterocycles. The molecule has 1 aromatic carbocycles. The smallest absolute Gasteiger partial charge is 0.159 e. The first-order chi connectivity index (χ1) is 8.16. The van der Waals surface area contributed by atoms with Gasteiger partial charge in [0.15, 0.2) is 11.6 Å². The van der Waals surface area contributed by atoms with Crippen molar-refractivity contribution in [1.82, 2.24) is 15.5 Å². The molecule has 17 heavy (non-hydrogen) atoms. The maximum absolute atomic E-state index is 13.0. The summed E-state index contributed by atoms with van der Waals surface area (Å²) < 4.78 is 25.8. The molecule has 0 aliphatic rings. The first-order valence-corrected chi connectivity index (χ1v) is 5.33. The molecule has 0 amide bonds. The number of H-pyrrole nitrogens is 1. The molecular formula is C12H13F2N3. The Morgan fingerprint density at radius 2 is 2.18 bits per heavy atom. The molecule has 0 saturated carbocycles. The largest absolute Gasteiger partial charge is 0.306 e. The highest BCUT2D eigenvalue weighted by Gasteiger charge is 2.08. The summed E-state index contributed by atoms with van der Waals surface area (Å²) in [5.74, 6) is -1.64. The van der Waals surface area contributed by atoms with Crippen molar-refractivity contribution in [2.24, 2.45) is 0 Å². The van der Waals surface area contributed by atoms with Crippen LogP contribution in [0.3, 0.4) is 0 Å². The van der Waals surface area contributed by atoms with Crippen molar-refractivity contribution in [1.29, 1.82) is 0 Å². The lowest BCUT2D eigenvalue weighted by Crippen LogP contribution is -2.18. The van der Waals surface area contributed by atoms with Crippen LogP contribution in [0.25, 0.3) is 0 Å². The average Bonchev–Trinajstić information content (AvgIpc) is 2.82. The zero-order chi connectivity index (χ0) is 12.3. The van der Waals surface area contributed by atoms with Crippen LogP contribution < -0.4 is 5.32 Å². The fourth-order valence-electron chi connectivity index (χ4n) is 1.54. The molecule has 2 rings (SSSR count). The average molecular weight is 237 g/mol. The van der Waals surface area contributed by atoms with Gasteiger partial charge in [-0.1, -0.05) is 6.07 Å². The van der Waals surface area contributed by atoms with Crippen molar-refractivity contribution in [2.75, 3.05) is 0 Å². The highest BCUT2D eigenvalue weighted by Crippen LogP contribution is 2.16. The number of benzene rings is 1. The summed E-state index contributed by atoms with van der Waals surface area (Å²) in [6.07, 6.45) is 3.50. The molecule has 0 aliphatic heterocycles. The minimum atomic E-state index is -0.823. The number of nitrogens with one attached hydrogen (secondary N) is 2. The number of halogens is 2. The van der Waals surface area contributed by atoms with E-state index in [4.69, 9.17) is 0 Å². The molecule has 1 heterocycles. The molecule has 1 atom stereocenters. The number of hydrogen-bond acceptors (Lipinski definition) is 2. The number of aromatic amines is 1. The van der Waals surface area contributed by atoms with E-state index in [0.29, 0.717) is 12.1 Å².